The number of hydrogen-bond donors (Lipinski definition) is 0. The number of thiophene rings is 2. The third-order valence-corrected chi connectivity index (χ3v) is 17.3. The molecule has 10 aromatic carbocycles. The Morgan fingerprint density at radius 3 is 1.61 bits per heavy atom. The molecule has 0 saturated heterocycles. The molecule has 0 fully saturated rings. The molecule has 0 atom stereocenters. The molecule has 4 nitrogen and oxygen atoms in total. The van der Waals surface area contributed by atoms with Crippen LogP contribution in [0.25, 0.3) is 130 Å². The van der Waals surface area contributed by atoms with Crippen LogP contribution in [0.5, 0.6) is 0 Å². The highest BCUT2D eigenvalue weighted by molar-refractivity contribution is 7.26. The van der Waals surface area contributed by atoms with E-state index in [4.69, 9.17) is 19.4 Å². The van der Waals surface area contributed by atoms with Gasteiger partial charge in [0.1, 0.15) is 11.2 Å². The predicted molar refractivity (Wildman–Crippen MR) is 291 cm³/mol. The second kappa shape index (κ2) is 14.2. The lowest BCUT2D eigenvalue weighted by atomic mass is 9.70. The van der Waals surface area contributed by atoms with E-state index in [0.29, 0.717) is 17.5 Å². The SMILES string of the molecule is c1ccc2c(c1)-c1ccccc1C21c2ccccc2-c2c(-c3ccc4oc5cccc(-c6nc(-c7ccc8sc9ccccc9c8c7)nc(-c7cccc8sc9ccccc9c78)n6)c5c4c3)cccc21. The van der Waals surface area contributed by atoms with E-state index in [-0.39, 0.29) is 0 Å². The third-order valence-electron chi connectivity index (χ3n) is 15.0. The summed E-state index contributed by atoms with van der Waals surface area (Å²) in [5.41, 5.74) is 16.8. The van der Waals surface area contributed by atoms with Gasteiger partial charge in [0.15, 0.2) is 17.5 Å². The highest BCUT2D eigenvalue weighted by Gasteiger charge is 2.52. The zero-order chi connectivity index (χ0) is 45.7. The highest BCUT2D eigenvalue weighted by atomic mass is 32.1. The van der Waals surface area contributed by atoms with Gasteiger partial charge in [-0.15, -0.1) is 22.7 Å². The van der Waals surface area contributed by atoms with Gasteiger partial charge < -0.3 is 4.42 Å². The molecule has 70 heavy (non-hydrogen) atoms. The van der Waals surface area contributed by atoms with Gasteiger partial charge in [0, 0.05) is 67.8 Å². The quantitative estimate of drug-likeness (QED) is 0.176. The predicted octanol–water partition coefficient (Wildman–Crippen LogP) is 17.5. The van der Waals surface area contributed by atoms with Crippen molar-refractivity contribution in [3.63, 3.8) is 0 Å². The normalized spacial score (nSPS) is 13.3. The van der Waals surface area contributed by atoms with E-state index in [1.165, 1.54) is 85.0 Å². The molecule has 2 aliphatic rings. The number of benzene rings is 10. The first-order valence-electron chi connectivity index (χ1n) is 23.7. The molecular weight excluding hydrogens is 891 g/mol. The molecule has 14 aromatic rings. The first kappa shape index (κ1) is 38.4. The molecule has 0 saturated carbocycles. The van der Waals surface area contributed by atoms with Gasteiger partial charge in [0.2, 0.25) is 0 Å². The molecule has 2 aliphatic carbocycles. The summed E-state index contributed by atoms with van der Waals surface area (Å²) in [5.74, 6) is 1.86. The largest absolute Gasteiger partial charge is 0.456 e. The number of furan rings is 1. The molecule has 0 unspecified atom stereocenters. The molecule has 0 bridgehead atoms. The fraction of sp³-hybridized carbons (Fsp3) is 0.0156. The van der Waals surface area contributed by atoms with E-state index in [2.05, 4.69) is 212 Å². The minimum absolute atomic E-state index is 0.427. The van der Waals surface area contributed by atoms with Crippen molar-refractivity contribution in [2.45, 2.75) is 5.41 Å². The molecule has 0 radical (unpaired) electrons. The fourth-order valence-corrected chi connectivity index (χ4v) is 14.4. The van der Waals surface area contributed by atoms with E-state index in [1.54, 1.807) is 11.3 Å². The number of hydrogen-bond acceptors (Lipinski definition) is 6. The van der Waals surface area contributed by atoms with E-state index in [1.807, 2.05) is 11.3 Å². The van der Waals surface area contributed by atoms with Gasteiger partial charge >= 0.3 is 0 Å². The summed E-state index contributed by atoms with van der Waals surface area (Å²) in [5, 5.41) is 6.78. The van der Waals surface area contributed by atoms with E-state index >= 15 is 0 Å². The van der Waals surface area contributed by atoms with Crippen LogP contribution >= 0.6 is 22.7 Å². The van der Waals surface area contributed by atoms with Gasteiger partial charge in [-0.3, -0.25) is 0 Å². The van der Waals surface area contributed by atoms with Crippen molar-refractivity contribution in [1.29, 1.82) is 0 Å². The van der Waals surface area contributed by atoms with Crippen LogP contribution in [0.4, 0.5) is 0 Å². The zero-order valence-electron chi connectivity index (χ0n) is 37.3. The van der Waals surface area contributed by atoms with E-state index < -0.39 is 5.41 Å². The smallest absolute Gasteiger partial charge is 0.164 e. The summed E-state index contributed by atoms with van der Waals surface area (Å²) in [7, 11) is 0. The van der Waals surface area contributed by atoms with Gasteiger partial charge in [0.25, 0.3) is 0 Å². The van der Waals surface area contributed by atoms with Crippen molar-refractivity contribution in [2.75, 3.05) is 0 Å². The van der Waals surface area contributed by atoms with Crippen molar-refractivity contribution < 1.29 is 4.42 Å². The summed E-state index contributed by atoms with van der Waals surface area (Å²) in [6.07, 6.45) is 0. The minimum Gasteiger partial charge on any atom is -0.456 e. The molecule has 6 heteroatoms. The van der Waals surface area contributed by atoms with Gasteiger partial charge in [0.05, 0.1) is 5.41 Å². The monoisotopic (exact) mass is 925 g/mol. The maximum atomic E-state index is 6.75. The highest BCUT2D eigenvalue weighted by Crippen LogP contribution is 2.64. The van der Waals surface area contributed by atoms with Gasteiger partial charge in [-0.2, -0.15) is 0 Å². The summed E-state index contributed by atoms with van der Waals surface area (Å²) < 4.78 is 11.7. The second-order valence-electron chi connectivity index (χ2n) is 18.5. The Kier molecular flexibility index (Phi) is 7.82. The molecular formula is C64H35N3OS2. The Labute approximate surface area is 409 Å². The first-order chi connectivity index (χ1) is 34.7. The van der Waals surface area contributed by atoms with E-state index in [0.717, 1.165) is 49.6 Å². The molecule has 4 heterocycles. The molecule has 1 spiro atoms. The lowest BCUT2D eigenvalue weighted by Crippen LogP contribution is -2.25. The van der Waals surface area contributed by atoms with Gasteiger partial charge in [-0.25, -0.2) is 15.0 Å². The topological polar surface area (TPSA) is 51.8 Å². The molecule has 16 rings (SSSR count). The Morgan fingerprint density at radius 2 is 0.829 bits per heavy atom. The van der Waals surface area contributed by atoms with Crippen molar-refractivity contribution in [3.05, 3.63) is 235 Å². The molecule has 0 aliphatic heterocycles. The Hall–Kier alpha value is -8.55. The Morgan fingerprint density at radius 1 is 0.314 bits per heavy atom. The molecule has 4 aromatic heterocycles. The standard InChI is InChI=1S/C64H35N3OS2/c1-6-22-48-39(14-1)40-15-2-7-23-49(40)64(48)50-24-8-3-17-42(50)58-38(19-11-25-51(58)64)36-30-32-52-47(34-36)59-44(20-12-26-53(59)68-52)62-65-61(37-31-33-56-46(35-37)41-16-4-9-27-54(41)69-56)66-63(67-62)45-21-13-29-57-60(45)43-18-5-10-28-55(43)70-57/h1-35H. The van der Waals surface area contributed by atoms with Crippen LogP contribution < -0.4 is 0 Å². The Balaban J connectivity index is 0.926. The summed E-state index contributed by atoms with van der Waals surface area (Å²) in [6, 6.07) is 77.2. The van der Waals surface area contributed by atoms with Crippen molar-refractivity contribution >= 4 is 85.0 Å². The van der Waals surface area contributed by atoms with Gasteiger partial charge in [-0.1, -0.05) is 158 Å². The second-order valence-corrected chi connectivity index (χ2v) is 20.7. The molecule has 0 amide bonds. The van der Waals surface area contributed by atoms with E-state index in [9.17, 15) is 0 Å². The number of fused-ring (bicyclic) bond motifs is 19. The molecule has 324 valence electrons. The van der Waals surface area contributed by atoms with Crippen LogP contribution in [0.3, 0.4) is 0 Å². The van der Waals surface area contributed by atoms with Crippen LogP contribution in [-0.2, 0) is 5.41 Å². The summed E-state index contributed by atoms with van der Waals surface area (Å²) in [6.45, 7) is 0. The minimum atomic E-state index is -0.427. The van der Waals surface area contributed by atoms with Crippen LogP contribution in [-0.4, -0.2) is 15.0 Å². The summed E-state index contributed by atoms with van der Waals surface area (Å²) in [4.78, 5) is 16.2. The first-order valence-corrected chi connectivity index (χ1v) is 25.3. The average Bonchev–Trinajstić information content (AvgIpc) is 4.23. The summed E-state index contributed by atoms with van der Waals surface area (Å²) >= 11 is 3.61. The van der Waals surface area contributed by atoms with Crippen LogP contribution in [0.2, 0.25) is 0 Å². The van der Waals surface area contributed by atoms with Crippen LogP contribution in [0.15, 0.2) is 217 Å². The average molecular weight is 926 g/mol. The lowest BCUT2D eigenvalue weighted by molar-refractivity contribution is 0.669. The third kappa shape index (κ3) is 5.16. The van der Waals surface area contributed by atoms with Crippen molar-refractivity contribution in [1.82, 2.24) is 15.0 Å². The molecule has 0 N–H and O–H groups in total. The fourth-order valence-electron chi connectivity index (χ4n) is 12.1. The van der Waals surface area contributed by atoms with Gasteiger partial charge in [-0.05, 0) is 110 Å². The Bertz CT molecular complexity index is 4530. The number of rotatable bonds is 4. The maximum Gasteiger partial charge on any atom is 0.164 e. The van der Waals surface area contributed by atoms with Crippen molar-refractivity contribution in [2.24, 2.45) is 0 Å². The van der Waals surface area contributed by atoms with Crippen molar-refractivity contribution in [3.8, 4) is 67.5 Å². The van der Waals surface area contributed by atoms with Crippen LogP contribution in [0.1, 0.15) is 22.3 Å². The number of nitrogens with zero attached hydrogens (tertiary/aromatic N) is 3. The zero-order valence-corrected chi connectivity index (χ0v) is 38.9. The van der Waals surface area contributed by atoms with Crippen LogP contribution in [0, 0.1) is 0 Å². The maximum absolute atomic E-state index is 6.75. The lowest BCUT2D eigenvalue weighted by Gasteiger charge is -2.30. The number of aromatic nitrogens is 3.